The number of Topliss-reactive ketones (excluding diaryl/α,β-unsaturated/α-hetero) is 1. The maximum absolute atomic E-state index is 12.5. The van der Waals surface area contributed by atoms with Gasteiger partial charge in [-0.1, -0.05) is 12.1 Å². The lowest BCUT2D eigenvalue weighted by Crippen LogP contribution is -1.98. The van der Waals surface area contributed by atoms with Crippen molar-refractivity contribution in [3.05, 3.63) is 99.3 Å². The van der Waals surface area contributed by atoms with Gasteiger partial charge in [-0.2, -0.15) is 0 Å². The number of hydrogen-bond acceptors (Lipinski definition) is 6. The molecule has 3 aromatic rings. The Morgan fingerprint density at radius 1 is 1.00 bits per heavy atom. The van der Waals surface area contributed by atoms with Gasteiger partial charge in [-0.05, 0) is 53.6 Å². The van der Waals surface area contributed by atoms with Gasteiger partial charge >= 0.3 is 0 Å². The van der Waals surface area contributed by atoms with Gasteiger partial charge in [0.05, 0.1) is 17.6 Å². The van der Waals surface area contributed by atoms with E-state index in [4.69, 9.17) is 14.2 Å². The molecular formula is C23H17NO6. The summed E-state index contributed by atoms with van der Waals surface area (Å²) in [5.74, 6) is 1.82. The van der Waals surface area contributed by atoms with Crippen LogP contribution in [0, 0.1) is 10.1 Å². The minimum absolute atomic E-state index is 0.0420. The molecule has 0 saturated carbocycles. The Labute approximate surface area is 172 Å². The number of ketones is 1. The summed E-state index contributed by atoms with van der Waals surface area (Å²) >= 11 is 0. The molecule has 0 amide bonds. The maximum Gasteiger partial charge on any atom is 0.269 e. The average Bonchev–Trinajstić information content (AvgIpc) is 3.08. The van der Waals surface area contributed by atoms with Crippen LogP contribution in [0.25, 0.3) is 6.08 Å². The van der Waals surface area contributed by atoms with Crippen LogP contribution in [0.1, 0.15) is 21.5 Å². The summed E-state index contributed by atoms with van der Waals surface area (Å²) in [5, 5.41) is 10.7. The zero-order valence-electron chi connectivity index (χ0n) is 16.0. The quantitative estimate of drug-likeness (QED) is 0.334. The first-order valence-electron chi connectivity index (χ1n) is 9.12. The molecule has 0 N–H and O–H groups in total. The fourth-order valence-electron chi connectivity index (χ4n) is 2.99. The van der Waals surface area contributed by atoms with Crippen LogP contribution in [0.2, 0.25) is 0 Å². The first kappa shape index (κ1) is 19.2. The van der Waals surface area contributed by atoms with Crippen molar-refractivity contribution in [2.24, 2.45) is 0 Å². The number of hydrogen-bond donors (Lipinski definition) is 0. The Balaban J connectivity index is 1.41. The van der Waals surface area contributed by atoms with Crippen molar-refractivity contribution < 1.29 is 23.9 Å². The van der Waals surface area contributed by atoms with E-state index in [0.717, 1.165) is 11.1 Å². The van der Waals surface area contributed by atoms with Crippen LogP contribution in [0.3, 0.4) is 0 Å². The third kappa shape index (κ3) is 4.00. The summed E-state index contributed by atoms with van der Waals surface area (Å²) in [6.45, 7) is 0.289. The van der Waals surface area contributed by atoms with Crippen LogP contribution in [0.4, 0.5) is 5.69 Å². The molecule has 3 aromatic carbocycles. The summed E-state index contributed by atoms with van der Waals surface area (Å²) in [4.78, 5) is 22.7. The summed E-state index contributed by atoms with van der Waals surface area (Å²) in [7, 11) is 1.56. The van der Waals surface area contributed by atoms with Gasteiger partial charge in [0, 0.05) is 18.2 Å². The number of allylic oxidation sites excluding steroid dienone is 1. The molecule has 1 aliphatic rings. The van der Waals surface area contributed by atoms with Crippen LogP contribution in [0.15, 0.2) is 72.5 Å². The van der Waals surface area contributed by atoms with Gasteiger partial charge < -0.3 is 14.2 Å². The fourth-order valence-corrected chi connectivity index (χ4v) is 2.99. The summed E-state index contributed by atoms with van der Waals surface area (Å²) in [6.07, 6.45) is 1.68. The molecular weight excluding hydrogens is 386 g/mol. The number of nitrogens with zero attached hydrogens (tertiary/aromatic N) is 1. The maximum atomic E-state index is 12.5. The number of non-ortho nitro benzene ring substituents is 1. The Kier molecular flexibility index (Phi) is 5.17. The van der Waals surface area contributed by atoms with E-state index in [0.29, 0.717) is 22.8 Å². The van der Waals surface area contributed by atoms with Crippen molar-refractivity contribution in [2.45, 2.75) is 6.61 Å². The van der Waals surface area contributed by atoms with Gasteiger partial charge in [-0.25, -0.2) is 0 Å². The predicted octanol–water partition coefficient (Wildman–Crippen LogP) is 4.80. The van der Waals surface area contributed by atoms with Gasteiger partial charge in [0.25, 0.3) is 5.69 Å². The second-order valence-corrected chi connectivity index (χ2v) is 6.58. The molecule has 0 bridgehead atoms. The molecule has 1 aliphatic heterocycles. The third-order valence-electron chi connectivity index (χ3n) is 4.61. The van der Waals surface area contributed by atoms with Crippen LogP contribution < -0.4 is 14.2 Å². The first-order chi connectivity index (χ1) is 14.5. The molecule has 0 radical (unpaired) electrons. The molecule has 0 aliphatic carbocycles. The molecule has 0 fully saturated rings. The number of methoxy groups -OCH3 is 1. The minimum Gasteiger partial charge on any atom is -0.497 e. The zero-order valence-corrected chi connectivity index (χ0v) is 16.0. The molecule has 150 valence electrons. The number of rotatable bonds is 6. The number of ether oxygens (including phenoxy) is 3. The van der Waals surface area contributed by atoms with E-state index in [1.165, 1.54) is 12.1 Å². The van der Waals surface area contributed by atoms with E-state index in [2.05, 4.69) is 0 Å². The Bertz CT molecular complexity index is 1130. The summed E-state index contributed by atoms with van der Waals surface area (Å²) < 4.78 is 16.6. The lowest BCUT2D eigenvalue weighted by Gasteiger charge is -2.06. The van der Waals surface area contributed by atoms with E-state index >= 15 is 0 Å². The number of nitro benzene ring substituents is 1. The van der Waals surface area contributed by atoms with Crippen molar-refractivity contribution in [2.75, 3.05) is 7.11 Å². The Morgan fingerprint density at radius 2 is 1.70 bits per heavy atom. The minimum atomic E-state index is -0.439. The van der Waals surface area contributed by atoms with Gasteiger partial charge in [0.15, 0.2) is 5.76 Å². The second kappa shape index (κ2) is 8.08. The van der Waals surface area contributed by atoms with E-state index in [9.17, 15) is 14.9 Å². The smallest absolute Gasteiger partial charge is 0.269 e. The van der Waals surface area contributed by atoms with E-state index in [-0.39, 0.29) is 23.8 Å². The van der Waals surface area contributed by atoms with E-state index < -0.39 is 4.92 Å². The van der Waals surface area contributed by atoms with Crippen LogP contribution in [0.5, 0.6) is 17.2 Å². The highest BCUT2D eigenvalue weighted by Gasteiger charge is 2.27. The summed E-state index contributed by atoms with van der Waals surface area (Å²) in [5.41, 5.74) is 2.16. The predicted molar refractivity (Wildman–Crippen MR) is 110 cm³/mol. The van der Waals surface area contributed by atoms with Gasteiger partial charge in [-0.15, -0.1) is 0 Å². The zero-order chi connectivity index (χ0) is 21.1. The number of nitro groups is 1. The largest absolute Gasteiger partial charge is 0.497 e. The van der Waals surface area contributed by atoms with Crippen molar-refractivity contribution in [3.63, 3.8) is 0 Å². The first-order valence-corrected chi connectivity index (χ1v) is 9.12. The van der Waals surface area contributed by atoms with Gasteiger partial charge in [0.2, 0.25) is 5.78 Å². The van der Waals surface area contributed by atoms with Crippen molar-refractivity contribution >= 4 is 17.5 Å². The molecule has 0 saturated heterocycles. The topological polar surface area (TPSA) is 87.9 Å². The third-order valence-corrected chi connectivity index (χ3v) is 4.61. The molecule has 0 atom stereocenters. The molecule has 30 heavy (non-hydrogen) atoms. The second-order valence-electron chi connectivity index (χ2n) is 6.58. The molecule has 7 heteroatoms. The SMILES string of the molecule is COc1ccc2c(c1)O/C(=C\c1ccc(OCc3ccc([N+](=O)[O-])cc3)cc1)C2=O. The highest BCUT2D eigenvalue weighted by Crippen LogP contribution is 2.34. The van der Waals surface area contributed by atoms with Crippen LogP contribution in [-0.4, -0.2) is 17.8 Å². The van der Waals surface area contributed by atoms with E-state index in [1.54, 1.807) is 55.7 Å². The fraction of sp³-hybridized carbons (Fsp3) is 0.0870. The number of carbonyl (C=O) groups excluding carboxylic acids is 1. The van der Waals surface area contributed by atoms with Crippen molar-refractivity contribution in [3.8, 4) is 17.2 Å². The van der Waals surface area contributed by atoms with Crippen molar-refractivity contribution in [1.82, 2.24) is 0 Å². The normalized spacial score (nSPS) is 13.6. The van der Waals surface area contributed by atoms with E-state index in [1.807, 2.05) is 12.1 Å². The van der Waals surface area contributed by atoms with Gasteiger partial charge in [0.1, 0.15) is 23.9 Å². The molecule has 0 aromatic heterocycles. The lowest BCUT2D eigenvalue weighted by atomic mass is 10.1. The Hall–Kier alpha value is -4.13. The number of benzene rings is 3. The number of carbonyl (C=O) groups is 1. The highest BCUT2D eigenvalue weighted by molar-refractivity contribution is 6.14. The average molecular weight is 403 g/mol. The van der Waals surface area contributed by atoms with Crippen LogP contribution in [-0.2, 0) is 6.61 Å². The molecule has 7 nitrogen and oxygen atoms in total. The Morgan fingerprint density at radius 3 is 2.37 bits per heavy atom. The van der Waals surface area contributed by atoms with Gasteiger partial charge in [-0.3, -0.25) is 14.9 Å². The number of fused-ring (bicyclic) bond motifs is 1. The van der Waals surface area contributed by atoms with Crippen LogP contribution >= 0.6 is 0 Å². The highest BCUT2D eigenvalue weighted by atomic mass is 16.6. The molecule has 1 heterocycles. The monoisotopic (exact) mass is 403 g/mol. The molecule has 0 spiro atoms. The molecule has 0 unspecified atom stereocenters. The lowest BCUT2D eigenvalue weighted by molar-refractivity contribution is -0.384. The summed E-state index contributed by atoms with van der Waals surface area (Å²) in [6, 6.07) is 18.5. The van der Waals surface area contributed by atoms with Crippen molar-refractivity contribution in [1.29, 1.82) is 0 Å². The standard InChI is InChI=1S/C23H17NO6/c1-28-19-10-11-20-21(13-19)30-22(23(20)25)12-15-4-8-18(9-5-15)29-14-16-2-6-17(7-3-16)24(26)27/h2-13H,14H2,1H3/b22-12-. The molecule has 4 rings (SSSR count).